The van der Waals surface area contributed by atoms with Crippen molar-refractivity contribution < 1.29 is 9.59 Å². The summed E-state index contributed by atoms with van der Waals surface area (Å²) in [5.74, 6) is 0.715. The second-order valence-electron chi connectivity index (χ2n) is 4.77. The molecule has 1 fully saturated rings. The van der Waals surface area contributed by atoms with Gasteiger partial charge >= 0.3 is 0 Å². The van der Waals surface area contributed by atoms with Gasteiger partial charge in [0.1, 0.15) is 6.29 Å². The zero-order chi connectivity index (χ0) is 13.5. The number of carbonyl (C=O) groups excluding carboxylic acids is 2. The molecule has 2 rings (SSSR count). The smallest absolute Gasteiger partial charge is 0.232 e. The maximum absolute atomic E-state index is 12.1. The van der Waals surface area contributed by atoms with Crippen molar-refractivity contribution in [3.63, 3.8) is 0 Å². The number of hydrogen-bond donors (Lipinski definition) is 0. The Kier molecular flexibility index (Phi) is 5.45. The first-order chi connectivity index (χ1) is 9.29. The molecule has 1 aromatic carbocycles. The second kappa shape index (κ2) is 7.34. The van der Waals surface area contributed by atoms with Crippen LogP contribution in [0.25, 0.3) is 0 Å². The normalized spacial score (nSPS) is 15.9. The topological polar surface area (TPSA) is 37.4 Å². The largest absolute Gasteiger partial charge is 0.342 e. The molecule has 1 saturated heterocycles. The fourth-order valence-electron chi connectivity index (χ4n) is 2.20. The van der Waals surface area contributed by atoms with Crippen molar-refractivity contribution in [3.8, 4) is 0 Å². The summed E-state index contributed by atoms with van der Waals surface area (Å²) >= 11 is 1.54. The predicted octanol–water partition coefficient (Wildman–Crippen LogP) is 2.99. The Morgan fingerprint density at radius 2 is 1.74 bits per heavy atom. The monoisotopic (exact) mass is 277 g/mol. The van der Waals surface area contributed by atoms with E-state index in [2.05, 4.69) is 0 Å². The summed E-state index contributed by atoms with van der Waals surface area (Å²) in [5.41, 5.74) is 0.670. The number of rotatable bonds is 4. The van der Waals surface area contributed by atoms with E-state index in [1.165, 1.54) is 12.8 Å². The van der Waals surface area contributed by atoms with Crippen molar-refractivity contribution in [2.24, 2.45) is 0 Å². The van der Waals surface area contributed by atoms with E-state index >= 15 is 0 Å². The van der Waals surface area contributed by atoms with Gasteiger partial charge in [0.2, 0.25) is 5.91 Å². The number of nitrogens with zero attached hydrogens (tertiary/aromatic N) is 1. The molecule has 0 N–H and O–H groups in total. The van der Waals surface area contributed by atoms with E-state index in [-0.39, 0.29) is 5.91 Å². The van der Waals surface area contributed by atoms with Gasteiger partial charge in [0, 0.05) is 23.5 Å². The lowest BCUT2D eigenvalue weighted by molar-refractivity contribution is -0.128. The molecule has 0 aliphatic carbocycles. The number of carbonyl (C=O) groups is 2. The molecule has 19 heavy (non-hydrogen) atoms. The highest BCUT2D eigenvalue weighted by atomic mass is 32.2. The zero-order valence-electron chi connectivity index (χ0n) is 11.0. The minimum absolute atomic E-state index is 0.228. The minimum Gasteiger partial charge on any atom is -0.342 e. The predicted molar refractivity (Wildman–Crippen MR) is 77.6 cm³/mol. The molecule has 0 unspecified atom stereocenters. The molecule has 0 aromatic heterocycles. The van der Waals surface area contributed by atoms with Crippen LogP contribution < -0.4 is 0 Å². The highest BCUT2D eigenvalue weighted by molar-refractivity contribution is 8.00. The molecule has 102 valence electrons. The Hall–Kier alpha value is -1.29. The molecule has 3 nitrogen and oxygen atoms in total. The van der Waals surface area contributed by atoms with Gasteiger partial charge in [0.25, 0.3) is 0 Å². The van der Waals surface area contributed by atoms with Crippen molar-refractivity contribution in [2.75, 3.05) is 18.8 Å². The highest BCUT2D eigenvalue weighted by Crippen LogP contribution is 2.19. The summed E-state index contributed by atoms with van der Waals surface area (Å²) in [4.78, 5) is 25.7. The van der Waals surface area contributed by atoms with Crippen molar-refractivity contribution in [2.45, 2.75) is 30.6 Å². The van der Waals surface area contributed by atoms with Gasteiger partial charge in [0.15, 0.2) is 0 Å². The van der Waals surface area contributed by atoms with Crippen LogP contribution in [0.4, 0.5) is 0 Å². The lowest BCUT2D eigenvalue weighted by Gasteiger charge is -2.19. The zero-order valence-corrected chi connectivity index (χ0v) is 11.8. The third kappa shape index (κ3) is 4.39. The molecule has 0 radical (unpaired) electrons. The summed E-state index contributed by atoms with van der Waals surface area (Å²) < 4.78 is 0. The Bertz CT molecular complexity index is 422. The van der Waals surface area contributed by atoms with Gasteiger partial charge in [-0.1, -0.05) is 25.0 Å². The molecular weight excluding hydrogens is 258 g/mol. The molecule has 0 spiro atoms. The van der Waals surface area contributed by atoms with Crippen LogP contribution in [0.1, 0.15) is 36.0 Å². The highest BCUT2D eigenvalue weighted by Gasteiger charge is 2.15. The maximum atomic E-state index is 12.1. The van der Waals surface area contributed by atoms with Crippen molar-refractivity contribution >= 4 is 24.0 Å². The molecule has 1 heterocycles. The van der Waals surface area contributed by atoms with E-state index in [1.54, 1.807) is 23.9 Å². The minimum atomic E-state index is 0.228. The number of aldehydes is 1. The van der Waals surface area contributed by atoms with Crippen LogP contribution in [-0.4, -0.2) is 35.9 Å². The van der Waals surface area contributed by atoms with Crippen LogP contribution in [0.15, 0.2) is 29.2 Å². The van der Waals surface area contributed by atoms with Gasteiger partial charge in [-0.3, -0.25) is 9.59 Å². The molecule has 1 aliphatic rings. The van der Waals surface area contributed by atoms with Gasteiger partial charge < -0.3 is 4.90 Å². The molecule has 4 heteroatoms. The maximum Gasteiger partial charge on any atom is 0.232 e. The lowest BCUT2D eigenvalue weighted by Crippen LogP contribution is -2.33. The standard InChI is InChI=1S/C15H19NO2S/c17-11-13-5-7-14(8-6-13)19-12-15(18)16-9-3-1-2-4-10-16/h5-8,11H,1-4,9-10,12H2. The van der Waals surface area contributed by atoms with Crippen molar-refractivity contribution in [1.82, 2.24) is 4.90 Å². The van der Waals surface area contributed by atoms with E-state index in [4.69, 9.17) is 0 Å². The number of amides is 1. The number of benzene rings is 1. The molecule has 0 atom stereocenters. The first kappa shape index (κ1) is 14.1. The third-order valence-corrected chi connectivity index (χ3v) is 4.33. The van der Waals surface area contributed by atoms with Crippen LogP contribution in [-0.2, 0) is 4.79 Å². The van der Waals surface area contributed by atoms with Gasteiger partial charge in [-0.15, -0.1) is 11.8 Å². The lowest BCUT2D eigenvalue weighted by atomic mass is 10.2. The van der Waals surface area contributed by atoms with Gasteiger partial charge in [-0.05, 0) is 25.0 Å². The summed E-state index contributed by atoms with van der Waals surface area (Å²) in [5, 5.41) is 0. The Balaban J connectivity index is 1.83. The molecule has 1 amide bonds. The molecule has 1 aromatic rings. The average molecular weight is 277 g/mol. The van der Waals surface area contributed by atoms with Crippen LogP contribution in [0.2, 0.25) is 0 Å². The Labute approximate surface area is 118 Å². The van der Waals surface area contributed by atoms with E-state index < -0.39 is 0 Å². The number of likely N-dealkylation sites (tertiary alicyclic amines) is 1. The SMILES string of the molecule is O=Cc1ccc(SCC(=O)N2CCCCCC2)cc1. The van der Waals surface area contributed by atoms with Gasteiger partial charge in [-0.25, -0.2) is 0 Å². The van der Waals surface area contributed by atoms with E-state index in [0.29, 0.717) is 11.3 Å². The van der Waals surface area contributed by atoms with Crippen LogP contribution in [0.5, 0.6) is 0 Å². The summed E-state index contributed by atoms with van der Waals surface area (Å²) in [6, 6.07) is 7.35. The first-order valence-corrected chi connectivity index (χ1v) is 7.74. The number of hydrogen-bond acceptors (Lipinski definition) is 3. The van der Waals surface area contributed by atoms with Gasteiger partial charge in [-0.2, -0.15) is 0 Å². The van der Waals surface area contributed by atoms with E-state index in [1.807, 2.05) is 17.0 Å². The summed E-state index contributed by atoms with van der Waals surface area (Å²) in [6.07, 6.45) is 5.57. The fraction of sp³-hybridized carbons (Fsp3) is 0.467. The van der Waals surface area contributed by atoms with Crippen LogP contribution >= 0.6 is 11.8 Å². The fourth-order valence-corrected chi connectivity index (χ4v) is 3.00. The Morgan fingerprint density at radius 3 is 2.32 bits per heavy atom. The number of thioether (sulfide) groups is 1. The summed E-state index contributed by atoms with van der Waals surface area (Å²) in [7, 11) is 0. The second-order valence-corrected chi connectivity index (χ2v) is 5.82. The summed E-state index contributed by atoms with van der Waals surface area (Å²) in [6.45, 7) is 1.81. The Morgan fingerprint density at radius 1 is 1.11 bits per heavy atom. The average Bonchev–Trinajstić information content (AvgIpc) is 2.74. The third-order valence-electron chi connectivity index (χ3n) is 3.34. The van der Waals surface area contributed by atoms with E-state index in [9.17, 15) is 9.59 Å². The van der Waals surface area contributed by atoms with E-state index in [0.717, 1.165) is 37.1 Å². The quantitative estimate of drug-likeness (QED) is 0.627. The molecule has 1 aliphatic heterocycles. The molecule has 0 saturated carbocycles. The first-order valence-electron chi connectivity index (χ1n) is 6.75. The van der Waals surface area contributed by atoms with Gasteiger partial charge in [0.05, 0.1) is 5.75 Å². The van der Waals surface area contributed by atoms with Crippen molar-refractivity contribution in [1.29, 1.82) is 0 Å². The molecular formula is C15H19NO2S. The van der Waals surface area contributed by atoms with Crippen LogP contribution in [0, 0.1) is 0 Å². The molecule has 0 bridgehead atoms. The van der Waals surface area contributed by atoms with Crippen LogP contribution in [0.3, 0.4) is 0 Å². The van der Waals surface area contributed by atoms with Crippen molar-refractivity contribution in [3.05, 3.63) is 29.8 Å².